The summed E-state index contributed by atoms with van der Waals surface area (Å²) in [5, 5.41) is -0.259. The Morgan fingerprint density at radius 3 is 2.39 bits per heavy atom. The molecule has 2 atom stereocenters. The Kier molecular flexibility index (Phi) is 5.24. The lowest BCUT2D eigenvalue weighted by atomic mass is 9.66. The SMILES string of the molecule is CC(C)S(=O)(=O)CCC1CC(C)(C)CCC1CN. The summed E-state index contributed by atoms with van der Waals surface area (Å²) < 4.78 is 23.8. The van der Waals surface area contributed by atoms with E-state index in [1.807, 2.05) is 0 Å². The Morgan fingerprint density at radius 2 is 1.89 bits per heavy atom. The van der Waals surface area contributed by atoms with Crippen molar-refractivity contribution >= 4 is 9.84 Å². The molecule has 0 radical (unpaired) electrons. The zero-order valence-electron chi connectivity index (χ0n) is 12.3. The second-order valence-electron chi connectivity index (χ2n) is 6.87. The van der Waals surface area contributed by atoms with Gasteiger partial charge in [-0.25, -0.2) is 8.42 Å². The topological polar surface area (TPSA) is 60.2 Å². The van der Waals surface area contributed by atoms with Gasteiger partial charge in [0.15, 0.2) is 9.84 Å². The monoisotopic (exact) mass is 275 g/mol. The first-order chi connectivity index (χ1) is 8.18. The van der Waals surface area contributed by atoms with E-state index in [2.05, 4.69) is 13.8 Å². The van der Waals surface area contributed by atoms with Crippen molar-refractivity contribution in [2.24, 2.45) is 23.0 Å². The third kappa shape index (κ3) is 4.23. The van der Waals surface area contributed by atoms with Crippen LogP contribution in [0.25, 0.3) is 0 Å². The van der Waals surface area contributed by atoms with E-state index in [1.54, 1.807) is 13.8 Å². The standard InChI is InChI=1S/C14H29NO2S/c1-11(2)18(16,17)8-6-12-9-14(3,4)7-5-13(12)10-15/h11-13H,5-10,15H2,1-4H3. The van der Waals surface area contributed by atoms with Crippen molar-refractivity contribution in [1.82, 2.24) is 0 Å². The van der Waals surface area contributed by atoms with Gasteiger partial charge in [-0.3, -0.25) is 0 Å². The number of hydrogen-bond donors (Lipinski definition) is 1. The number of hydrogen-bond acceptors (Lipinski definition) is 3. The van der Waals surface area contributed by atoms with Gasteiger partial charge in [0.2, 0.25) is 0 Å². The van der Waals surface area contributed by atoms with Crippen LogP contribution in [0.4, 0.5) is 0 Å². The molecule has 18 heavy (non-hydrogen) atoms. The molecular formula is C14H29NO2S. The number of nitrogens with two attached hydrogens (primary N) is 1. The molecular weight excluding hydrogens is 246 g/mol. The first-order valence-corrected chi connectivity index (χ1v) is 8.81. The molecule has 2 unspecified atom stereocenters. The van der Waals surface area contributed by atoms with E-state index in [-0.39, 0.29) is 5.25 Å². The molecule has 0 aromatic rings. The van der Waals surface area contributed by atoms with Gasteiger partial charge >= 0.3 is 0 Å². The van der Waals surface area contributed by atoms with Gasteiger partial charge in [-0.2, -0.15) is 0 Å². The van der Waals surface area contributed by atoms with Crippen LogP contribution in [0.15, 0.2) is 0 Å². The van der Waals surface area contributed by atoms with Crippen molar-refractivity contribution in [3.8, 4) is 0 Å². The predicted molar refractivity (Wildman–Crippen MR) is 77.2 cm³/mol. The first kappa shape index (κ1) is 16.0. The van der Waals surface area contributed by atoms with Crippen molar-refractivity contribution in [3.63, 3.8) is 0 Å². The van der Waals surface area contributed by atoms with E-state index in [0.29, 0.717) is 29.5 Å². The van der Waals surface area contributed by atoms with Crippen LogP contribution < -0.4 is 5.73 Å². The summed E-state index contributed by atoms with van der Waals surface area (Å²) in [6, 6.07) is 0. The second-order valence-corrected chi connectivity index (χ2v) is 9.54. The molecule has 0 saturated heterocycles. The molecule has 0 heterocycles. The highest BCUT2D eigenvalue weighted by Crippen LogP contribution is 2.43. The lowest BCUT2D eigenvalue weighted by Crippen LogP contribution is -2.35. The largest absolute Gasteiger partial charge is 0.330 e. The smallest absolute Gasteiger partial charge is 0.152 e. The number of sulfone groups is 1. The van der Waals surface area contributed by atoms with Crippen molar-refractivity contribution in [2.45, 2.75) is 58.6 Å². The maximum Gasteiger partial charge on any atom is 0.152 e. The summed E-state index contributed by atoms with van der Waals surface area (Å²) in [6.45, 7) is 8.79. The molecule has 0 bridgehead atoms. The molecule has 1 rings (SSSR count). The quantitative estimate of drug-likeness (QED) is 0.839. The highest BCUT2D eigenvalue weighted by molar-refractivity contribution is 7.91. The van der Waals surface area contributed by atoms with E-state index in [9.17, 15) is 8.42 Å². The fourth-order valence-electron chi connectivity index (χ4n) is 2.99. The van der Waals surface area contributed by atoms with Crippen molar-refractivity contribution in [1.29, 1.82) is 0 Å². The molecule has 0 amide bonds. The zero-order chi connectivity index (χ0) is 14.0. The highest BCUT2D eigenvalue weighted by Gasteiger charge is 2.34. The van der Waals surface area contributed by atoms with Crippen LogP contribution in [0.5, 0.6) is 0 Å². The van der Waals surface area contributed by atoms with E-state index < -0.39 is 9.84 Å². The van der Waals surface area contributed by atoms with Crippen LogP contribution in [-0.4, -0.2) is 26.0 Å². The van der Waals surface area contributed by atoms with E-state index in [4.69, 9.17) is 5.73 Å². The summed E-state index contributed by atoms with van der Waals surface area (Å²) in [5.74, 6) is 1.31. The molecule has 1 fully saturated rings. The van der Waals surface area contributed by atoms with Crippen LogP contribution in [-0.2, 0) is 9.84 Å². The molecule has 108 valence electrons. The zero-order valence-corrected chi connectivity index (χ0v) is 13.1. The average molecular weight is 275 g/mol. The van der Waals surface area contributed by atoms with Gasteiger partial charge in [-0.1, -0.05) is 13.8 Å². The Balaban J connectivity index is 2.63. The minimum Gasteiger partial charge on any atom is -0.330 e. The second kappa shape index (κ2) is 5.91. The Hall–Kier alpha value is -0.0900. The molecule has 3 nitrogen and oxygen atoms in total. The van der Waals surface area contributed by atoms with E-state index in [1.165, 1.54) is 6.42 Å². The van der Waals surface area contributed by atoms with Gasteiger partial charge in [-0.05, 0) is 63.3 Å². The maximum absolute atomic E-state index is 11.9. The van der Waals surface area contributed by atoms with Gasteiger partial charge in [0.25, 0.3) is 0 Å². The summed E-state index contributed by atoms with van der Waals surface area (Å²) in [4.78, 5) is 0. The fraction of sp³-hybridized carbons (Fsp3) is 1.00. The minimum absolute atomic E-state index is 0.259. The third-order valence-electron chi connectivity index (χ3n) is 4.47. The Morgan fingerprint density at radius 1 is 1.28 bits per heavy atom. The highest BCUT2D eigenvalue weighted by atomic mass is 32.2. The van der Waals surface area contributed by atoms with Gasteiger partial charge in [0.1, 0.15) is 0 Å². The van der Waals surface area contributed by atoms with Crippen LogP contribution in [0.3, 0.4) is 0 Å². The average Bonchev–Trinajstić information content (AvgIpc) is 2.25. The normalized spacial score (nSPS) is 28.6. The lowest BCUT2D eigenvalue weighted by Gasteiger charge is -2.40. The van der Waals surface area contributed by atoms with Crippen molar-refractivity contribution < 1.29 is 8.42 Å². The van der Waals surface area contributed by atoms with Gasteiger partial charge < -0.3 is 5.73 Å². The van der Waals surface area contributed by atoms with Crippen molar-refractivity contribution in [2.75, 3.05) is 12.3 Å². The lowest BCUT2D eigenvalue weighted by molar-refractivity contribution is 0.119. The molecule has 2 N–H and O–H groups in total. The Bertz CT molecular complexity index is 360. The molecule has 0 aliphatic heterocycles. The fourth-order valence-corrected chi connectivity index (χ4v) is 4.09. The molecule has 0 aromatic heterocycles. The van der Waals surface area contributed by atoms with Crippen LogP contribution >= 0.6 is 0 Å². The van der Waals surface area contributed by atoms with Crippen molar-refractivity contribution in [3.05, 3.63) is 0 Å². The third-order valence-corrected chi connectivity index (χ3v) is 6.71. The van der Waals surface area contributed by atoms with Crippen LogP contribution in [0.1, 0.15) is 53.4 Å². The minimum atomic E-state index is -2.91. The molecule has 0 aromatic carbocycles. The summed E-state index contributed by atoms with van der Waals surface area (Å²) in [5.41, 5.74) is 6.18. The Labute approximate surface area is 112 Å². The molecule has 1 saturated carbocycles. The summed E-state index contributed by atoms with van der Waals surface area (Å²) in [6.07, 6.45) is 4.26. The predicted octanol–water partition coefficient (Wildman–Crippen LogP) is 2.60. The molecule has 1 aliphatic carbocycles. The molecule has 4 heteroatoms. The van der Waals surface area contributed by atoms with Crippen LogP contribution in [0, 0.1) is 17.3 Å². The first-order valence-electron chi connectivity index (χ1n) is 7.09. The number of rotatable bonds is 5. The van der Waals surface area contributed by atoms with Gasteiger partial charge in [-0.15, -0.1) is 0 Å². The molecule has 0 spiro atoms. The summed E-state index contributed by atoms with van der Waals surface area (Å²) in [7, 11) is -2.91. The van der Waals surface area contributed by atoms with E-state index >= 15 is 0 Å². The van der Waals surface area contributed by atoms with Gasteiger partial charge in [0, 0.05) is 0 Å². The van der Waals surface area contributed by atoms with Crippen LogP contribution in [0.2, 0.25) is 0 Å². The molecule has 1 aliphatic rings. The van der Waals surface area contributed by atoms with E-state index in [0.717, 1.165) is 19.3 Å². The summed E-state index contributed by atoms with van der Waals surface area (Å²) >= 11 is 0. The van der Waals surface area contributed by atoms with Gasteiger partial charge in [0.05, 0.1) is 11.0 Å². The maximum atomic E-state index is 11.9.